The first kappa shape index (κ1) is 11.1. The zero-order chi connectivity index (χ0) is 11.4. The molecule has 0 unspecified atom stereocenters. The molecule has 0 aliphatic carbocycles. The first-order valence-corrected chi connectivity index (χ1v) is 5.88. The van der Waals surface area contributed by atoms with Gasteiger partial charge in [-0.3, -0.25) is 0 Å². The molecule has 5 nitrogen and oxygen atoms in total. The summed E-state index contributed by atoms with van der Waals surface area (Å²) in [4.78, 5) is 7.91. The van der Waals surface area contributed by atoms with E-state index in [0.29, 0.717) is 6.04 Å². The summed E-state index contributed by atoms with van der Waals surface area (Å²) in [5, 5.41) is 13.4. The highest BCUT2D eigenvalue weighted by molar-refractivity contribution is 7.14. The highest BCUT2D eigenvalue weighted by Crippen LogP contribution is 2.21. The molecule has 1 N–H and O–H groups in total. The summed E-state index contributed by atoms with van der Waals surface area (Å²) in [6, 6.07) is 0.451. The van der Waals surface area contributed by atoms with Gasteiger partial charge in [0.1, 0.15) is 11.3 Å². The highest BCUT2D eigenvalue weighted by Gasteiger charge is 2.06. The van der Waals surface area contributed by atoms with Crippen LogP contribution in [0, 0.1) is 0 Å². The van der Waals surface area contributed by atoms with E-state index in [9.17, 15) is 0 Å². The van der Waals surface area contributed by atoms with Crippen molar-refractivity contribution in [1.29, 1.82) is 0 Å². The maximum atomic E-state index is 4.11. The summed E-state index contributed by atoms with van der Waals surface area (Å²) in [7, 11) is 0. The highest BCUT2D eigenvalue weighted by atomic mass is 32.1. The van der Waals surface area contributed by atoms with Crippen molar-refractivity contribution in [1.82, 2.24) is 25.5 Å². The summed E-state index contributed by atoms with van der Waals surface area (Å²) >= 11 is 1.56. The van der Waals surface area contributed by atoms with Crippen molar-refractivity contribution >= 4 is 11.3 Å². The molecule has 0 spiro atoms. The van der Waals surface area contributed by atoms with Crippen molar-refractivity contribution in [3.63, 3.8) is 0 Å². The maximum absolute atomic E-state index is 4.11. The molecular weight excluding hydrogens is 222 g/mol. The molecule has 2 aromatic heterocycles. The van der Waals surface area contributed by atoms with Gasteiger partial charge in [0.15, 0.2) is 5.01 Å². The van der Waals surface area contributed by atoms with Crippen LogP contribution < -0.4 is 5.32 Å². The van der Waals surface area contributed by atoms with Gasteiger partial charge in [-0.2, -0.15) is 0 Å². The molecule has 2 rings (SSSR count). The van der Waals surface area contributed by atoms with Crippen LogP contribution in [0.15, 0.2) is 18.7 Å². The minimum absolute atomic E-state index is 0.451. The van der Waals surface area contributed by atoms with Gasteiger partial charge in [0, 0.05) is 30.5 Å². The smallest absolute Gasteiger partial charge is 0.150 e. The summed E-state index contributed by atoms with van der Waals surface area (Å²) in [5.41, 5.74) is 0.913. The van der Waals surface area contributed by atoms with Gasteiger partial charge in [-0.1, -0.05) is 25.2 Å². The molecule has 0 aliphatic rings. The third-order valence-electron chi connectivity index (χ3n) is 1.94. The Kier molecular flexibility index (Phi) is 3.53. The van der Waals surface area contributed by atoms with Crippen molar-refractivity contribution < 1.29 is 0 Å². The number of hydrogen-bond acceptors (Lipinski definition) is 6. The van der Waals surface area contributed by atoms with Gasteiger partial charge in [0.05, 0.1) is 0 Å². The predicted octanol–water partition coefficient (Wildman–Crippen LogP) is 1.49. The zero-order valence-corrected chi connectivity index (χ0v) is 10.0. The van der Waals surface area contributed by atoms with Gasteiger partial charge in [0.2, 0.25) is 0 Å². The molecule has 6 heteroatoms. The van der Waals surface area contributed by atoms with E-state index in [2.05, 4.69) is 39.3 Å². The molecule has 0 bridgehead atoms. The lowest BCUT2D eigenvalue weighted by atomic mass is 10.4. The van der Waals surface area contributed by atoms with E-state index in [0.717, 1.165) is 22.1 Å². The average molecular weight is 235 g/mol. The van der Waals surface area contributed by atoms with E-state index < -0.39 is 0 Å². The average Bonchev–Trinajstić information content (AvgIpc) is 2.76. The first-order valence-electron chi connectivity index (χ1n) is 5.07. The first-order chi connectivity index (χ1) is 7.75. The van der Waals surface area contributed by atoms with Gasteiger partial charge in [-0.15, -0.1) is 10.2 Å². The third-order valence-corrected chi connectivity index (χ3v) is 2.91. The molecule has 2 heterocycles. The fourth-order valence-corrected chi connectivity index (χ4v) is 1.91. The van der Waals surface area contributed by atoms with E-state index in [-0.39, 0.29) is 0 Å². The lowest BCUT2D eigenvalue weighted by Crippen LogP contribution is -2.21. The molecule has 0 amide bonds. The Morgan fingerprint density at radius 3 is 2.69 bits per heavy atom. The number of nitrogens with one attached hydrogen (secondary N) is 1. The molecule has 0 fully saturated rings. The van der Waals surface area contributed by atoms with Gasteiger partial charge in [-0.05, 0) is 0 Å². The quantitative estimate of drug-likeness (QED) is 0.870. The summed E-state index contributed by atoms with van der Waals surface area (Å²) in [6.07, 6.45) is 4.99. The van der Waals surface area contributed by atoms with Gasteiger partial charge >= 0.3 is 0 Å². The second-order valence-electron chi connectivity index (χ2n) is 3.66. The van der Waals surface area contributed by atoms with Crippen molar-refractivity contribution in [2.75, 3.05) is 0 Å². The summed E-state index contributed by atoms with van der Waals surface area (Å²) < 4.78 is 0. The predicted molar refractivity (Wildman–Crippen MR) is 62.9 cm³/mol. The third kappa shape index (κ3) is 2.80. The molecule has 0 aromatic carbocycles. The Morgan fingerprint density at radius 1 is 1.25 bits per heavy atom. The van der Waals surface area contributed by atoms with Crippen molar-refractivity contribution in [2.45, 2.75) is 26.4 Å². The second kappa shape index (κ2) is 5.09. The minimum atomic E-state index is 0.451. The van der Waals surface area contributed by atoms with E-state index in [1.165, 1.54) is 6.33 Å². The lowest BCUT2D eigenvalue weighted by Gasteiger charge is -2.03. The standard InChI is InChI=1S/C10H13N5S/c1-7(2)13-5-9-14-15-10(16-9)8-3-11-6-12-4-8/h3-4,6-7,13H,5H2,1-2H3. The molecular formula is C10H13N5S. The van der Waals surface area contributed by atoms with E-state index in [1.54, 1.807) is 23.7 Å². The molecule has 16 heavy (non-hydrogen) atoms. The van der Waals surface area contributed by atoms with Crippen molar-refractivity contribution in [3.8, 4) is 10.6 Å². The van der Waals surface area contributed by atoms with E-state index in [4.69, 9.17) is 0 Å². The van der Waals surface area contributed by atoms with Crippen LogP contribution >= 0.6 is 11.3 Å². The number of rotatable bonds is 4. The number of nitrogens with zero attached hydrogens (tertiary/aromatic N) is 4. The Hall–Kier alpha value is -1.40. The fourth-order valence-electron chi connectivity index (χ4n) is 1.14. The Morgan fingerprint density at radius 2 is 2.00 bits per heavy atom. The van der Waals surface area contributed by atoms with Crippen LogP contribution in [-0.2, 0) is 6.54 Å². The summed E-state index contributed by atoms with van der Waals surface area (Å²) in [6.45, 7) is 4.96. The maximum Gasteiger partial charge on any atom is 0.150 e. The van der Waals surface area contributed by atoms with Crippen molar-refractivity contribution in [2.24, 2.45) is 0 Å². The largest absolute Gasteiger partial charge is 0.308 e. The van der Waals surface area contributed by atoms with Crippen LogP contribution in [0.1, 0.15) is 18.9 Å². The second-order valence-corrected chi connectivity index (χ2v) is 4.73. The van der Waals surface area contributed by atoms with Crippen LogP contribution in [-0.4, -0.2) is 26.2 Å². The Bertz CT molecular complexity index is 439. The summed E-state index contributed by atoms with van der Waals surface area (Å²) in [5.74, 6) is 0. The Labute approximate surface area is 98.0 Å². The van der Waals surface area contributed by atoms with Gasteiger partial charge in [-0.25, -0.2) is 9.97 Å². The lowest BCUT2D eigenvalue weighted by molar-refractivity contribution is 0.585. The monoisotopic (exact) mass is 235 g/mol. The SMILES string of the molecule is CC(C)NCc1nnc(-c2cncnc2)s1. The molecule has 0 saturated heterocycles. The van der Waals surface area contributed by atoms with Gasteiger partial charge < -0.3 is 5.32 Å². The Balaban J connectivity index is 2.08. The molecule has 0 atom stereocenters. The molecule has 0 saturated carbocycles. The zero-order valence-electron chi connectivity index (χ0n) is 9.21. The topological polar surface area (TPSA) is 63.6 Å². The van der Waals surface area contributed by atoms with Crippen LogP contribution in [0.4, 0.5) is 0 Å². The van der Waals surface area contributed by atoms with E-state index in [1.807, 2.05) is 0 Å². The molecule has 84 valence electrons. The van der Waals surface area contributed by atoms with Gasteiger partial charge in [0.25, 0.3) is 0 Å². The van der Waals surface area contributed by atoms with E-state index >= 15 is 0 Å². The molecule has 2 aromatic rings. The minimum Gasteiger partial charge on any atom is -0.308 e. The number of hydrogen-bond donors (Lipinski definition) is 1. The van der Waals surface area contributed by atoms with Crippen LogP contribution in [0.2, 0.25) is 0 Å². The fraction of sp³-hybridized carbons (Fsp3) is 0.400. The van der Waals surface area contributed by atoms with Crippen LogP contribution in [0.25, 0.3) is 10.6 Å². The number of aromatic nitrogens is 4. The molecule has 0 aliphatic heterocycles. The van der Waals surface area contributed by atoms with Crippen LogP contribution in [0.5, 0.6) is 0 Å². The van der Waals surface area contributed by atoms with Crippen molar-refractivity contribution in [3.05, 3.63) is 23.7 Å². The molecule has 0 radical (unpaired) electrons. The van der Waals surface area contributed by atoms with Crippen LogP contribution in [0.3, 0.4) is 0 Å². The normalized spacial score (nSPS) is 10.9.